The SMILES string of the molecule is COc1ccc(NC(=O)CSc2nnc(CNC(=O)c3ccco3)n2-c2cccc(C)c2)cc1. The van der Waals surface area contributed by atoms with Crippen LogP contribution in [0, 0.1) is 6.92 Å². The zero-order valence-corrected chi connectivity index (χ0v) is 19.5. The van der Waals surface area contributed by atoms with Crippen LogP contribution in [0.25, 0.3) is 5.69 Å². The van der Waals surface area contributed by atoms with Crippen molar-refractivity contribution in [3.63, 3.8) is 0 Å². The number of anilines is 1. The van der Waals surface area contributed by atoms with E-state index in [1.165, 1.54) is 18.0 Å². The molecule has 2 amide bonds. The Labute approximate surface area is 200 Å². The molecular weight excluding hydrogens is 454 g/mol. The van der Waals surface area contributed by atoms with Crippen LogP contribution in [0.5, 0.6) is 5.75 Å². The number of aromatic nitrogens is 3. The van der Waals surface area contributed by atoms with Gasteiger partial charge in [0.25, 0.3) is 5.91 Å². The van der Waals surface area contributed by atoms with E-state index >= 15 is 0 Å². The molecule has 4 aromatic rings. The quantitative estimate of drug-likeness (QED) is 0.352. The third kappa shape index (κ3) is 5.65. The number of furan rings is 1. The van der Waals surface area contributed by atoms with E-state index in [1.807, 2.05) is 35.8 Å². The minimum absolute atomic E-state index is 0.134. The minimum Gasteiger partial charge on any atom is -0.497 e. The number of ether oxygens (including phenoxy) is 1. The predicted molar refractivity (Wildman–Crippen MR) is 128 cm³/mol. The topological polar surface area (TPSA) is 111 Å². The first-order valence-corrected chi connectivity index (χ1v) is 11.4. The van der Waals surface area contributed by atoms with Crippen molar-refractivity contribution < 1.29 is 18.7 Å². The largest absolute Gasteiger partial charge is 0.497 e. The first-order chi connectivity index (χ1) is 16.5. The predicted octanol–water partition coefficient (Wildman–Crippen LogP) is 3.84. The molecule has 0 fully saturated rings. The Kier molecular flexibility index (Phi) is 7.28. The Bertz CT molecular complexity index is 1270. The number of thioether (sulfide) groups is 1. The molecule has 0 aliphatic rings. The lowest BCUT2D eigenvalue weighted by molar-refractivity contribution is -0.113. The van der Waals surface area contributed by atoms with Crippen LogP contribution < -0.4 is 15.4 Å². The summed E-state index contributed by atoms with van der Waals surface area (Å²) in [5.74, 6) is 1.06. The number of carbonyl (C=O) groups is 2. The van der Waals surface area contributed by atoms with Gasteiger partial charge in [-0.2, -0.15) is 0 Å². The third-order valence-electron chi connectivity index (χ3n) is 4.82. The fourth-order valence-corrected chi connectivity index (χ4v) is 3.96. The summed E-state index contributed by atoms with van der Waals surface area (Å²) in [6.07, 6.45) is 1.44. The van der Waals surface area contributed by atoms with Crippen LogP contribution in [0.2, 0.25) is 0 Å². The maximum atomic E-state index is 12.5. The molecule has 0 atom stereocenters. The van der Waals surface area contributed by atoms with Gasteiger partial charge in [0, 0.05) is 11.4 Å². The van der Waals surface area contributed by atoms with Gasteiger partial charge in [-0.25, -0.2) is 0 Å². The Hall–Kier alpha value is -4.05. The van der Waals surface area contributed by atoms with Gasteiger partial charge in [0.1, 0.15) is 5.75 Å². The van der Waals surface area contributed by atoms with Crippen molar-refractivity contribution in [2.24, 2.45) is 0 Å². The van der Waals surface area contributed by atoms with Gasteiger partial charge in [-0.15, -0.1) is 10.2 Å². The molecule has 10 heteroatoms. The number of nitrogens with zero attached hydrogens (tertiary/aromatic N) is 3. The Morgan fingerprint density at radius 3 is 2.62 bits per heavy atom. The van der Waals surface area contributed by atoms with Crippen LogP contribution in [0.4, 0.5) is 5.69 Å². The zero-order valence-electron chi connectivity index (χ0n) is 18.6. The summed E-state index contributed by atoms with van der Waals surface area (Å²) < 4.78 is 12.1. The monoisotopic (exact) mass is 477 g/mol. The van der Waals surface area contributed by atoms with Crippen LogP contribution in [0.1, 0.15) is 21.9 Å². The van der Waals surface area contributed by atoms with Crippen molar-refractivity contribution in [1.29, 1.82) is 0 Å². The molecule has 0 saturated carbocycles. The van der Waals surface area contributed by atoms with Gasteiger partial charge in [0.15, 0.2) is 16.7 Å². The minimum atomic E-state index is -0.350. The van der Waals surface area contributed by atoms with Crippen molar-refractivity contribution in [3.8, 4) is 11.4 Å². The lowest BCUT2D eigenvalue weighted by atomic mass is 10.2. The molecule has 2 heterocycles. The molecule has 34 heavy (non-hydrogen) atoms. The first-order valence-electron chi connectivity index (χ1n) is 10.4. The molecule has 0 radical (unpaired) electrons. The number of amides is 2. The van der Waals surface area contributed by atoms with Gasteiger partial charge in [-0.3, -0.25) is 14.2 Å². The van der Waals surface area contributed by atoms with E-state index in [2.05, 4.69) is 20.8 Å². The van der Waals surface area contributed by atoms with Gasteiger partial charge in [0.05, 0.1) is 25.7 Å². The number of nitrogens with one attached hydrogen (secondary N) is 2. The smallest absolute Gasteiger partial charge is 0.287 e. The number of hydrogen-bond acceptors (Lipinski definition) is 7. The number of methoxy groups -OCH3 is 1. The third-order valence-corrected chi connectivity index (χ3v) is 5.75. The van der Waals surface area contributed by atoms with Gasteiger partial charge < -0.3 is 19.8 Å². The lowest BCUT2D eigenvalue weighted by Crippen LogP contribution is -2.24. The second kappa shape index (κ2) is 10.7. The highest BCUT2D eigenvalue weighted by molar-refractivity contribution is 7.99. The summed E-state index contributed by atoms with van der Waals surface area (Å²) in [6, 6.07) is 18.2. The number of carbonyl (C=O) groups excluding carboxylic acids is 2. The molecule has 0 saturated heterocycles. The highest BCUT2D eigenvalue weighted by Gasteiger charge is 2.18. The summed E-state index contributed by atoms with van der Waals surface area (Å²) in [6.45, 7) is 2.13. The highest BCUT2D eigenvalue weighted by Crippen LogP contribution is 2.23. The van der Waals surface area contributed by atoms with E-state index in [4.69, 9.17) is 9.15 Å². The molecule has 0 aliphatic carbocycles. The van der Waals surface area contributed by atoms with E-state index in [-0.39, 0.29) is 29.9 Å². The first kappa shape index (κ1) is 23.1. The molecule has 2 aromatic heterocycles. The zero-order chi connectivity index (χ0) is 23.9. The second-order valence-corrected chi connectivity index (χ2v) is 8.24. The van der Waals surface area contributed by atoms with Crippen molar-refractivity contribution in [2.75, 3.05) is 18.2 Å². The van der Waals surface area contributed by atoms with E-state index in [0.717, 1.165) is 11.3 Å². The standard InChI is InChI=1S/C24H23N5O4S/c1-16-5-3-6-18(13-16)29-21(14-25-23(31)20-7-4-12-33-20)27-28-24(29)34-15-22(30)26-17-8-10-19(32-2)11-9-17/h3-13H,14-15H2,1-2H3,(H,25,31)(H,26,30). The number of rotatable bonds is 9. The fraction of sp³-hybridized carbons (Fsp3) is 0.167. The average molecular weight is 478 g/mol. The Balaban J connectivity index is 1.48. The number of aryl methyl sites for hydroxylation is 1. The molecular formula is C24H23N5O4S. The van der Waals surface area contributed by atoms with Crippen molar-refractivity contribution in [3.05, 3.63) is 84.1 Å². The summed E-state index contributed by atoms with van der Waals surface area (Å²) in [7, 11) is 1.59. The molecule has 0 unspecified atom stereocenters. The van der Waals surface area contributed by atoms with Crippen molar-refractivity contribution in [1.82, 2.24) is 20.1 Å². The Morgan fingerprint density at radius 1 is 1.09 bits per heavy atom. The van der Waals surface area contributed by atoms with Crippen molar-refractivity contribution >= 4 is 29.3 Å². The van der Waals surface area contributed by atoms with Gasteiger partial charge in [0.2, 0.25) is 5.91 Å². The normalized spacial score (nSPS) is 10.6. The summed E-state index contributed by atoms with van der Waals surface area (Å²) in [4.78, 5) is 24.8. The molecule has 0 bridgehead atoms. The maximum Gasteiger partial charge on any atom is 0.287 e. The van der Waals surface area contributed by atoms with Gasteiger partial charge in [-0.1, -0.05) is 23.9 Å². The molecule has 0 spiro atoms. The van der Waals surface area contributed by atoms with Crippen LogP contribution in [-0.2, 0) is 11.3 Å². The van der Waals surface area contributed by atoms with Crippen LogP contribution in [0.15, 0.2) is 76.5 Å². The highest BCUT2D eigenvalue weighted by atomic mass is 32.2. The maximum absolute atomic E-state index is 12.5. The van der Waals surface area contributed by atoms with E-state index < -0.39 is 0 Å². The lowest BCUT2D eigenvalue weighted by Gasteiger charge is -2.11. The fourth-order valence-electron chi connectivity index (χ4n) is 3.19. The van der Waals surface area contributed by atoms with E-state index in [1.54, 1.807) is 43.5 Å². The molecule has 2 N–H and O–H groups in total. The van der Waals surface area contributed by atoms with Gasteiger partial charge >= 0.3 is 0 Å². The van der Waals surface area contributed by atoms with Crippen molar-refractivity contribution in [2.45, 2.75) is 18.6 Å². The molecule has 2 aromatic carbocycles. The summed E-state index contributed by atoms with van der Waals surface area (Å²) in [5, 5.41) is 14.7. The molecule has 0 aliphatic heterocycles. The average Bonchev–Trinajstić information content (AvgIpc) is 3.52. The number of benzene rings is 2. The van der Waals surface area contributed by atoms with Crippen LogP contribution in [-0.4, -0.2) is 39.4 Å². The number of hydrogen-bond donors (Lipinski definition) is 2. The van der Waals surface area contributed by atoms with E-state index in [0.29, 0.717) is 22.4 Å². The molecule has 4 rings (SSSR count). The Morgan fingerprint density at radius 2 is 1.91 bits per heavy atom. The van der Waals surface area contributed by atoms with Crippen LogP contribution in [0.3, 0.4) is 0 Å². The molecule has 174 valence electrons. The second-order valence-electron chi connectivity index (χ2n) is 7.30. The summed E-state index contributed by atoms with van der Waals surface area (Å²) >= 11 is 1.26. The summed E-state index contributed by atoms with van der Waals surface area (Å²) in [5.41, 5.74) is 2.57. The van der Waals surface area contributed by atoms with Gasteiger partial charge in [-0.05, 0) is 61.0 Å². The van der Waals surface area contributed by atoms with Crippen LogP contribution >= 0.6 is 11.8 Å². The molecule has 9 nitrogen and oxygen atoms in total. The van der Waals surface area contributed by atoms with E-state index in [9.17, 15) is 9.59 Å².